The minimum Gasteiger partial charge on any atom is -0.455 e. The van der Waals surface area contributed by atoms with Crippen LogP contribution in [-0.4, -0.2) is 6.04 Å². The summed E-state index contributed by atoms with van der Waals surface area (Å²) in [5, 5.41) is 1.12. The van der Waals surface area contributed by atoms with E-state index < -0.39 is 0 Å². The van der Waals surface area contributed by atoms with E-state index in [1.165, 1.54) is 0 Å². The Labute approximate surface area is 129 Å². The zero-order chi connectivity index (χ0) is 14.5. The molecule has 2 aromatic carbocycles. The van der Waals surface area contributed by atoms with Crippen LogP contribution < -0.4 is 10.5 Å². The van der Waals surface area contributed by atoms with Gasteiger partial charge in [-0.25, -0.2) is 0 Å². The first-order chi connectivity index (χ1) is 9.60. The molecular weight excluding hydrogens is 293 g/mol. The van der Waals surface area contributed by atoms with Gasteiger partial charge in [-0.15, -0.1) is 0 Å². The van der Waals surface area contributed by atoms with E-state index in [1.54, 1.807) is 18.2 Å². The van der Waals surface area contributed by atoms with Gasteiger partial charge < -0.3 is 10.5 Å². The summed E-state index contributed by atoms with van der Waals surface area (Å²) >= 11 is 12.1. The van der Waals surface area contributed by atoms with Crippen LogP contribution in [0.2, 0.25) is 10.0 Å². The van der Waals surface area contributed by atoms with Gasteiger partial charge in [-0.05, 0) is 36.6 Å². The molecule has 2 rings (SSSR count). The van der Waals surface area contributed by atoms with E-state index in [2.05, 4.69) is 6.92 Å². The van der Waals surface area contributed by atoms with Crippen LogP contribution in [0.15, 0.2) is 42.5 Å². The number of ether oxygens (including phenoxy) is 1. The second-order valence-corrected chi connectivity index (χ2v) is 5.50. The van der Waals surface area contributed by atoms with Crippen molar-refractivity contribution in [3.8, 4) is 11.5 Å². The lowest BCUT2D eigenvalue weighted by molar-refractivity contribution is 0.472. The van der Waals surface area contributed by atoms with Gasteiger partial charge in [0.15, 0.2) is 0 Å². The minimum atomic E-state index is 0.120. The Morgan fingerprint density at radius 2 is 1.85 bits per heavy atom. The number of para-hydroxylation sites is 1. The molecule has 106 valence electrons. The van der Waals surface area contributed by atoms with Crippen molar-refractivity contribution in [3.63, 3.8) is 0 Å². The molecule has 2 N–H and O–H groups in total. The summed E-state index contributed by atoms with van der Waals surface area (Å²) in [6.07, 6.45) is 1.69. The number of hydrogen-bond acceptors (Lipinski definition) is 2. The van der Waals surface area contributed by atoms with Gasteiger partial charge >= 0.3 is 0 Å². The smallest absolute Gasteiger partial charge is 0.147 e. The van der Waals surface area contributed by atoms with Crippen molar-refractivity contribution in [2.24, 2.45) is 5.73 Å². The Hall–Kier alpha value is -1.22. The Balaban J connectivity index is 2.27. The zero-order valence-electron chi connectivity index (χ0n) is 11.3. The number of halogens is 2. The average Bonchev–Trinajstić information content (AvgIpc) is 2.44. The first-order valence-electron chi connectivity index (χ1n) is 6.56. The van der Waals surface area contributed by atoms with Crippen molar-refractivity contribution in [2.75, 3.05) is 0 Å². The number of rotatable bonds is 5. The van der Waals surface area contributed by atoms with Crippen molar-refractivity contribution >= 4 is 23.2 Å². The van der Waals surface area contributed by atoms with Gasteiger partial charge in [0.1, 0.15) is 11.5 Å². The molecule has 0 aliphatic rings. The number of benzene rings is 2. The van der Waals surface area contributed by atoms with Gasteiger partial charge in [0, 0.05) is 17.1 Å². The van der Waals surface area contributed by atoms with E-state index in [4.69, 9.17) is 33.7 Å². The molecule has 2 aromatic rings. The van der Waals surface area contributed by atoms with E-state index in [0.717, 1.165) is 24.2 Å². The lowest BCUT2D eigenvalue weighted by Gasteiger charge is -2.15. The molecule has 0 aliphatic carbocycles. The minimum absolute atomic E-state index is 0.120. The molecule has 0 heterocycles. The molecule has 0 radical (unpaired) electrons. The topological polar surface area (TPSA) is 35.2 Å². The van der Waals surface area contributed by atoms with Gasteiger partial charge in [0.05, 0.1) is 5.02 Å². The fourth-order valence-corrected chi connectivity index (χ4v) is 2.19. The van der Waals surface area contributed by atoms with Crippen LogP contribution in [0.25, 0.3) is 0 Å². The summed E-state index contributed by atoms with van der Waals surface area (Å²) in [6, 6.07) is 13.1. The predicted molar refractivity (Wildman–Crippen MR) is 84.9 cm³/mol. The van der Waals surface area contributed by atoms with Crippen LogP contribution in [0, 0.1) is 0 Å². The van der Waals surface area contributed by atoms with Crippen LogP contribution in [0.3, 0.4) is 0 Å². The largest absolute Gasteiger partial charge is 0.455 e. The van der Waals surface area contributed by atoms with E-state index in [1.807, 2.05) is 24.3 Å². The first-order valence-corrected chi connectivity index (χ1v) is 7.32. The normalized spacial score (nSPS) is 12.2. The summed E-state index contributed by atoms with van der Waals surface area (Å²) in [5.41, 5.74) is 7.09. The second kappa shape index (κ2) is 6.98. The van der Waals surface area contributed by atoms with Crippen molar-refractivity contribution in [2.45, 2.75) is 25.8 Å². The van der Waals surface area contributed by atoms with Crippen molar-refractivity contribution in [1.29, 1.82) is 0 Å². The highest BCUT2D eigenvalue weighted by molar-refractivity contribution is 6.34. The molecule has 0 aliphatic heterocycles. The van der Waals surface area contributed by atoms with E-state index in [0.29, 0.717) is 15.8 Å². The van der Waals surface area contributed by atoms with Gasteiger partial charge in [0.2, 0.25) is 0 Å². The lowest BCUT2D eigenvalue weighted by atomic mass is 10.0. The highest BCUT2D eigenvalue weighted by Crippen LogP contribution is 2.33. The molecule has 1 atom stereocenters. The highest BCUT2D eigenvalue weighted by Gasteiger charge is 2.10. The van der Waals surface area contributed by atoms with Crippen LogP contribution in [0.4, 0.5) is 0 Å². The van der Waals surface area contributed by atoms with Gasteiger partial charge in [0.25, 0.3) is 0 Å². The predicted octanol–water partition coefficient (Wildman–Crippen LogP) is 5.07. The molecule has 1 unspecified atom stereocenters. The summed E-state index contributed by atoms with van der Waals surface area (Å²) in [5.74, 6) is 1.32. The van der Waals surface area contributed by atoms with Crippen molar-refractivity contribution < 1.29 is 4.74 Å². The third kappa shape index (κ3) is 3.89. The molecule has 20 heavy (non-hydrogen) atoms. The third-order valence-electron chi connectivity index (χ3n) is 3.09. The quantitative estimate of drug-likeness (QED) is 0.837. The summed E-state index contributed by atoms with van der Waals surface area (Å²) < 4.78 is 5.89. The van der Waals surface area contributed by atoms with Crippen LogP contribution in [0.1, 0.15) is 18.9 Å². The average molecular weight is 310 g/mol. The molecule has 0 saturated carbocycles. The second-order valence-electron chi connectivity index (χ2n) is 4.66. The molecular formula is C16H17Cl2NO. The van der Waals surface area contributed by atoms with E-state index >= 15 is 0 Å². The molecule has 0 fully saturated rings. The summed E-state index contributed by atoms with van der Waals surface area (Å²) in [6.45, 7) is 2.07. The fourth-order valence-electron chi connectivity index (χ4n) is 1.87. The molecule has 0 saturated heterocycles. The molecule has 0 amide bonds. The maximum atomic E-state index is 6.12. The van der Waals surface area contributed by atoms with Crippen LogP contribution in [0.5, 0.6) is 11.5 Å². The lowest BCUT2D eigenvalue weighted by Crippen LogP contribution is -2.21. The SMILES string of the molecule is CCC(N)Cc1ccccc1Oc1cc(Cl)ccc1Cl. The van der Waals surface area contributed by atoms with Crippen molar-refractivity contribution in [1.82, 2.24) is 0 Å². The van der Waals surface area contributed by atoms with E-state index in [9.17, 15) is 0 Å². The molecule has 0 spiro atoms. The van der Waals surface area contributed by atoms with Gasteiger partial charge in [-0.3, -0.25) is 0 Å². The first kappa shape index (κ1) is 15.2. The Kier molecular flexibility index (Phi) is 5.30. The standard InChI is InChI=1S/C16H17Cl2NO/c1-2-13(19)9-11-5-3-4-6-15(11)20-16-10-12(17)7-8-14(16)18/h3-8,10,13H,2,9,19H2,1H3. The number of nitrogens with two attached hydrogens (primary N) is 1. The molecule has 2 nitrogen and oxygen atoms in total. The van der Waals surface area contributed by atoms with Gasteiger partial charge in [-0.2, -0.15) is 0 Å². The molecule has 0 aromatic heterocycles. The van der Waals surface area contributed by atoms with Crippen molar-refractivity contribution in [3.05, 3.63) is 58.1 Å². The molecule has 0 bridgehead atoms. The third-order valence-corrected chi connectivity index (χ3v) is 3.64. The highest BCUT2D eigenvalue weighted by atomic mass is 35.5. The zero-order valence-corrected chi connectivity index (χ0v) is 12.8. The van der Waals surface area contributed by atoms with Crippen LogP contribution >= 0.6 is 23.2 Å². The maximum Gasteiger partial charge on any atom is 0.147 e. The van der Waals surface area contributed by atoms with Crippen LogP contribution in [-0.2, 0) is 6.42 Å². The number of hydrogen-bond donors (Lipinski definition) is 1. The monoisotopic (exact) mass is 309 g/mol. The summed E-state index contributed by atoms with van der Waals surface area (Å²) in [4.78, 5) is 0. The van der Waals surface area contributed by atoms with E-state index in [-0.39, 0.29) is 6.04 Å². The molecule has 4 heteroatoms. The fraction of sp³-hybridized carbons (Fsp3) is 0.250. The Morgan fingerprint density at radius 1 is 1.10 bits per heavy atom. The van der Waals surface area contributed by atoms with Gasteiger partial charge in [-0.1, -0.05) is 48.3 Å². The summed E-state index contributed by atoms with van der Waals surface area (Å²) in [7, 11) is 0. The Morgan fingerprint density at radius 3 is 2.60 bits per heavy atom. The maximum absolute atomic E-state index is 6.12. The Bertz CT molecular complexity index is 586.